The average molecular weight is 268 g/mol. The van der Waals surface area contributed by atoms with Crippen molar-refractivity contribution < 1.29 is 0 Å². The Morgan fingerprint density at radius 2 is 1.60 bits per heavy atom. The lowest BCUT2D eigenvalue weighted by molar-refractivity contribution is 1.08. The van der Waals surface area contributed by atoms with Gasteiger partial charge in [0, 0.05) is 17.8 Å². The number of anilines is 3. The van der Waals surface area contributed by atoms with Crippen molar-refractivity contribution >= 4 is 17.3 Å². The highest BCUT2D eigenvalue weighted by Gasteiger charge is 2.21. The molecule has 0 unspecified atom stereocenters. The number of nitrogens with zero attached hydrogens (tertiary/aromatic N) is 2. The van der Waals surface area contributed by atoms with Crippen LogP contribution in [-0.4, -0.2) is 16.0 Å². The Kier molecular flexibility index (Phi) is 3.30. The largest absolute Gasteiger partial charge is 0.367 e. The highest BCUT2D eigenvalue weighted by atomic mass is 15.1. The summed E-state index contributed by atoms with van der Waals surface area (Å²) in [5.41, 5.74) is 4.88. The van der Waals surface area contributed by atoms with Gasteiger partial charge in [0.25, 0.3) is 0 Å². The van der Waals surface area contributed by atoms with E-state index in [1.807, 2.05) is 6.07 Å². The summed E-state index contributed by atoms with van der Waals surface area (Å²) in [6, 6.07) is 6.93. The number of hydrogen-bond donors (Lipinski definition) is 2. The summed E-state index contributed by atoms with van der Waals surface area (Å²) >= 11 is 0. The van der Waals surface area contributed by atoms with E-state index in [9.17, 15) is 0 Å². The number of aryl methyl sites for hydroxylation is 3. The zero-order chi connectivity index (χ0) is 14.1. The molecule has 1 aliphatic carbocycles. The molecule has 2 N–H and O–H groups in total. The molecule has 1 aromatic heterocycles. The topological polar surface area (TPSA) is 49.8 Å². The van der Waals surface area contributed by atoms with Gasteiger partial charge in [0.2, 0.25) is 0 Å². The van der Waals surface area contributed by atoms with Crippen molar-refractivity contribution in [3.05, 3.63) is 41.2 Å². The molecule has 104 valence electrons. The van der Waals surface area contributed by atoms with Gasteiger partial charge in [-0.15, -0.1) is 0 Å². The van der Waals surface area contributed by atoms with Gasteiger partial charge in [0.05, 0.1) is 0 Å². The Labute approximate surface area is 119 Å². The summed E-state index contributed by atoms with van der Waals surface area (Å²) in [5, 5.41) is 6.80. The van der Waals surface area contributed by atoms with Crippen molar-refractivity contribution in [2.45, 2.75) is 39.7 Å². The molecule has 0 spiro atoms. The summed E-state index contributed by atoms with van der Waals surface area (Å²) < 4.78 is 0. The van der Waals surface area contributed by atoms with Crippen molar-refractivity contribution in [3.8, 4) is 0 Å². The van der Waals surface area contributed by atoms with Crippen molar-refractivity contribution in [3.63, 3.8) is 0 Å². The number of nitrogens with one attached hydrogen (secondary N) is 2. The van der Waals surface area contributed by atoms with Gasteiger partial charge in [-0.2, -0.15) is 0 Å². The molecule has 1 saturated carbocycles. The van der Waals surface area contributed by atoms with Gasteiger partial charge in [-0.25, -0.2) is 9.97 Å². The summed E-state index contributed by atoms with van der Waals surface area (Å²) in [7, 11) is 0. The van der Waals surface area contributed by atoms with Crippen LogP contribution in [0.5, 0.6) is 0 Å². The average Bonchev–Trinajstić information content (AvgIpc) is 3.18. The van der Waals surface area contributed by atoms with Crippen LogP contribution in [0.2, 0.25) is 0 Å². The minimum Gasteiger partial charge on any atom is -0.367 e. The number of hydrogen-bond acceptors (Lipinski definition) is 4. The zero-order valence-electron chi connectivity index (χ0n) is 12.2. The van der Waals surface area contributed by atoms with Gasteiger partial charge in [0.15, 0.2) is 0 Å². The van der Waals surface area contributed by atoms with E-state index >= 15 is 0 Å². The molecular weight excluding hydrogens is 248 g/mol. The molecule has 0 aliphatic heterocycles. The highest BCUT2D eigenvalue weighted by molar-refractivity contribution is 5.66. The van der Waals surface area contributed by atoms with Crippen LogP contribution in [0.1, 0.15) is 29.5 Å². The van der Waals surface area contributed by atoms with Gasteiger partial charge in [0.1, 0.15) is 18.0 Å². The molecule has 4 heteroatoms. The van der Waals surface area contributed by atoms with E-state index in [2.05, 4.69) is 53.5 Å². The SMILES string of the molecule is Cc1cc(C)c(Nc2cc(NC3CC3)ncn2)c(C)c1. The van der Waals surface area contributed by atoms with Gasteiger partial charge in [-0.05, 0) is 44.7 Å². The minimum absolute atomic E-state index is 0.598. The van der Waals surface area contributed by atoms with E-state index in [1.165, 1.54) is 29.5 Å². The lowest BCUT2D eigenvalue weighted by atomic mass is 10.1. The van der Waals surface area contributed by atoms with Gasteiger partial charge < -0.3 is 10.6 Å². The summed E-state index contributed by atoms with van der Waals surface area (Å²) in [6.07, 6.45) is 4.08. The van der Waals surface area contributed by atoms with Crippen LogP contribution >= 0.6 is 0 Å². The molecule has 0 atom stereocenters. The summed E-state index contributed by atoms with van der Waals surface area (Å²) in [6.45, 7) is 6.35. The molecule has 0 amide bonds. The molecule has 1 fully saturated rings. The first-order chi connectivity index (χ1) is 9.61. The summed E-state index contributed by atoms with van der Waals surface area (Å²) in [4.78, 5) is 8.56. The normalized spacial score (nSPS) is 14.2. The van der Waals surface area contributed by atoms with Crippen molar-refractivity contribution in [2.75, 3.05) is 10.6 Å². The molecule has 20 heavy (non-hydrogen) atoms. The quantitative estimate of drug-likeness (QED) is 0.887. The Bertz CT molecular complexity index is 609. The van der Waals surface area contributed by atoms with Gasteiger partial charge in [-0.3, -0.25) is 0 Å². The maximum Gasteiger partial charge on any atom is 0.135 e. The third-order valence-corrected chi connectivity index (χ3v) is 3.53. The fourth-order valence-electron chi connectivity index (χ4n) is 2.45. The van der Waals surface area contributed by atoms with Crippen LogP contribution in [0.3, 0.4) is 0 Å². The zero-order valence-corrected chi connectivity index (χ0v) is 12.2. The predicted molar refractivity (Wildman–Crippen MR) is 82.6 cm³/mol. The van der Waals surface area contributed by atoms with E-state index < -0.39 is 0 Å². The fourth-order valence-corrected chi connectivity index (χ4v) is 2.45. The smallest absolute Gasteiger partial charge is 0.135 e. The lowest BCUT2D eigenvalue weighted by Gasteiger charge is -2.14. The van der Waals surface area contributed by atoms with Crippen molar-refractivity contribution in [2.24, 2.45) is 0 Å². The first kappa shape index (κ1) is 12.9. The third kappa shape index (κ3) is 2.90. The standard InChI is InChI=1S/C16H20N4/c1-10-6-11(2)16(12(3)7-10)20-15-8-14(17-9-18-15)19-13-4-5-13/h6-9,13H,4-5H2,1-3H3,(H2,17,18,19,20). The highest BCUT2D eigenvalue weighted by Crippen LogP contribution is 2.27. The van der Waals surface area contributed by atoms with E-state index in [1.54, 1.807) is 6.33 Å². The van der Waals surface area contributed by atoms with E-state index in [0.29, 0.717) is 6.04 Å². The van der Waals surface area contributed by atoms with Crippen LogP contribution in [0.15, 0.2) is 24.5 Å². The molecule has 0 bridgehead atoms. The Morgan fingerprint density at radius 3 is 2.25 bits per heavy atom. The number of aromatic nitrogens is 2. The molecule has 2 aromatic rings. The first-order valence-electron chi connectivity index (χ1n) is 7.05. The molecule has 3 rings (SSSR count). The second-order valence-corrected chi connectivity index (χ2v) is 5.61. The molecule has 4 nitrogen and oxygen atoms in total. The van der Waals surface area contributed by atoms with E-state index in [0.717, 1.165) is 17.3 Å². The molecule has 0 radical (unpaired) electrons. The van der Waals surface area contributed by atoms with E-state index in [4.69, 9.17) is 0 Å². The molecular formula is C16H20N4. The second kappa shape index (κ2) is 5.12. The van der Waals surface area contributed by atoms with Crippen molar-refractivity contribution in [1.82, 2.24) is 9.97 Å². The lowest BCUT2D eigenvalue weighted by Crippen LogP contribution is -2.05. The second-order valence-electron chi connectivity index (χ2n) is 5.61. The molecule has 1 aliphatic rings. The van der Waals surface area contributed by atoms with Crippen LogP contribution in [0.25, 0.3) is 0 Å². The Balaban J connectivity index is 1.83. The molecule has 0 saturated heterocycles. The van der Waals surface area contributed by atoms with Crippen LogP contribution in [0.4, 0.5) is 17.3 Å². The van der Waals surface area contributed by atoms with Crippen LogP contribution in [0, 0.1) is 20.8 Å². The van der Waals surface area contributed by atoms with Gasteiger partial charge >= 0.3 is 0 Å². The third-order valence-electron chi connectivity index (χ3n) is 3.53. The maximum atomic E-state index is 4.30. The number of rotatable bonds is 4. The maximum absolute atomic E-state index is 4.30. The molecule has 1 aromatic carbocycles. The predicted octanol–water partition coefficient (Wildman–Crippen LogP) is 3.72. The Hall–Kier alpha value is -2.10. The minimum atomic E-state index is 0.598. The van der Waals surface area contributed by atoms with E-state index in [-0.39, 0.29) is 0 Å². The van der Waals surface area contributed by atoms with Crippen molar-refractivity contribution in [1.29, 1.82) is 0 Å². The van der Waals surface area contributed by atoms with Crippen LogP contribution in [-0.2, 0) is 0 Å². The molecule has 1 heterocycles. The number of benzene rings is 1. The Morgan fingerprint density at radius 1 is 0.950 bits per heavy atom. The van der Waals surface area contributed by atoms with Crippen LogP contribution < -0.4 is 10.6 Å². The van der Waals surface area contributed by atoms with Gasteiger partial charge in [-0.1, -0.05) is 17.7 Å². The summed E-state index contributed by atoms with van der Waals surface area (Å²) in [5.74, 6) is 1.73. The monoisotopic (exact) mass is 268 g/mol. The first-order valence-corrected chi connectivity index (χ1v) is 7.05. The fraction of sp³-hybridized carbons (Fsp3) is 0.375.